The highest BCUT2D eigenvalue weighted by Crippen LogP contribution is 2.09. The molecule has 0 radical (unpaired) electrons. The Morgan fingerprint density at radius 1 is 1.57 bits per heavy atom. The van der Waals surface area contributed by atoms with Crippen LogP contribution in [-0.4, -0.2) is 41.1 Å². The number of rotatable bonds is 2. The number of urea groups is 1. The molecule has 1 aromatic rings. The van der Waals surface area contributed by atoms with E-state index in [0.29, 0.717) is 0 Å². The molecule has 3 amide bonds. The predicted octanol–water partition coefficient (Wildman–Crippen LogP) is -0.398. The highest BCUT2D eigenvalue weighted by atomic mass is 16.2. The Labute approximate surface area is 80.3 Å². The molecule has 0 bridgehead atoms. The van der Waals surface area contributed by atoms with E-state index in [2.05, 4.69) is 15.5 Å². The Morgan fingerprint density at radius 3 is 2.71 bits per heavy atom. The zero-order chi connectivity index (χ0) is 10.7. The van der Waals surface area contributed by atoms with Crippen LogP contribution < -0.4 is 11.1 Å². The van der Waals surface area contributed by atoms with Crippen molar-refractivity contribution in [3.05, 3.63) is 11.8 Å². The summed E-state index contributed by atoms with van der Waals surface area (Å²) in [6.07, 6.45) is 1.26. The van der Waals surface area contributed by atoms with Gasteiger partial charge in [0, 0.05) is 14.1 Å². The molecule has 0 saturated carbocycles. The molecule has 7 nitrogen and oxygen atoms in total. The Bertz CT molecular complexity index is 357. The molecule has 14 heavy (non-hydrogen) atoms. The first-order valence-electron chi connectivity index (χ1n) is 3.84. The van der Waals surface area contributed by atoms with Crippen molar-refractivity contribution in [3.63, 3.8) is 0 Å². The number of anilines is 1. The zero-order valence-corrected chi connectivity index (χ0v) is 7.87. The van der Waals surface area contributed by atoms with Crippen LogP contribution in [0.4, 0.5) is 10.6 Å². The first-order valence-corrected chi connectivity index (χ1v) is 3.84. The SMILES string of the molecule is CN(C)C(=O)Nc1[nH]ncc1C(N)=O. The summed E-state index contributed by atoms with van der Waals surface area (Å²) in [5, 5.41) is 8.50. The fourth-order valence-electron chi connectivity index (χ4n) is 0.787. The number of aromatic amines is 1. The normalized spacial score (nSPS) is 9.57. The molecule has 76 valence electrons. The van der Waals surface area contributed by atoms with Crippen LogP contribution in [0.15, 0.2) is 6.20 Å². The predicted molar refractivity (Wildman–Crippen MR) is 49.8 cm³/mol. The number of nitrogens with zero attached hydrogens (tertiary/aromatic N) is 2. The monoisotopic (exact) mass is 197 g/mol. The van der Waals surface area contributed by atoms with Crippen LogP contribution in [0.5, 0.6) is 0 Å². The summed E-state index contributed by atoms with van der Waals surface area (Å²) >= 11 is 0. The van der Waals surface area contributed by atoms with Crippen molar-refractivity contribution in [3.8, 4) is 0 Å². The van der Waals surface area contributed by atoms with Crippen LogP contribution >= 0.6 is 0 Å². The van der Waals surface area contributed by atoms with E-state index >= 15 is 0 Å². The lowest BCUT2D eigenvalue weighted by Crippen LogP contribution is -2.28. The van der Waals surface area contributed by atoms with Crippen LogP contribution in [0.2, 0.25) is 0 Å². The number of aromatic nitrogens is 2. The second-order valence-electron chi connectivity index (χ2n) is 2.85. The maximum absolute atomic E-state index is 11.2. The van der Waals surface area contributed by atoms with Crippen LogP contribution in [-0.2, 0) is 0 Å². The Balaban J connectivity index is 2.82. The molecule has 0 unspecified atom stereocenters. The van der Waals surface area contributed by atoms with Crippen molar-refractivity contribution in [2.45, 2.75) is 0 Å². The number of amides is 3. The van der Waals surface area contributed by atoms with E-state index in [1.807, 2.05) is 0 Å². The van der Waals surface area contributed by atoms with Crippen LogP contribution in [0.3, 0.4) is 0 Å². The van der Waals surface area contributed by atoms with E-state index in [1.165, 1.54) is 11.1 Å². The van der Waals surface area contributed by atoms with E-state index in [0.717, 1.165) is 0 Å². The summed E-state index contributed by atoms with van der Waals surface area (Å²) in [7, 11) is 3.16. The van der Waals surface area contributed by atoms with Gasteiger partial charge in [0.2, 0.25) is 0 Å². The van der Waals surface area contributed by atoms with Gasteiger partial charge in [0.1, 0.15) is 11.4 Å². The van der Waals surface area contributed by atoms with Gasteiger partial charge >= 0.3 is 6.03 Å². The lowest BCUT2D eigenvalue weighted by atomic mass is 10.3. The molecule has 0 spiro atoms. The molecule has 1 aromatic heterocycles. The van der Waals surface area contributed by atoms with Crippen LogP contribution in [0, 0.1) is 0 Å². The number of carbonyl (C=O) groups is 2. The summed E-state index contributed by atoms with van der Waals surface area (Å²) < 4.78 is 0. The standard InChI is InChI=1S/C7H11N5O2/c1-12(2)7(14)10-6-4(5(8)13)3-9-11-6/h3H,1-2H3,(H2,8,13)(H2,9,10,11,14). The first kappa shape index (κ1) is 10.0. The molecule has 1 heterocycles. The smallest absolute Gasteiger partial charge is 0.322 e. The molecule has 7 heteroatoms. The molecular weight excluding hydrogens is 186 g/mol. The number of H-pyrrole nitrogens is 1. The van der Waals surface area contributed by atoms with Gasteiger partial charge in [-0.25, -0.2) is 4.79 Å². The minimum absolute atomic E-state index is 0.153. The second-order valence-corrected chi connectivity index (χ2v) is 2.85. The van der Waals surface area contributed by atoms with Gasteiger partial charge in [0.15, 0.2) is 0 Å². The van der Waals surface area contributed by atoms with Crippen molar-refractivity contribution in [1.29, 1.82) is 0 Å². The average molecular weight is 197 g/mol. The van der Waals surface area contributed by atoms with E-state index < -0.39 is 5.91 Å². The highest BCUT2D eigenvalue weighted by molar-refractivity contribution is 6.01. The van der Waals surface area contributed by atoms with E-state index in [1.54, 1.807) is 14.1 Å². The molecule has 0 atom stereocenters. The fraction of sp³-hybridized carbons (Fsp3) is 0.286. The maximum Gasteiger partial charge on any atom is 0.322 e. The number of nitrogens with two attached hydrogens (primary N) is 1. The molecule has 0 aromatic carbocycles. The van der Waals surface area contributed by atoms with Gasteiger partial charge in [0.05, 0.1) is 6.20 Å². The summed E-state index contributed by atoms with van der Waals surface area (Å²) in [6, 6.07) is -0.364. The number of primary amides is 1. The average Bonchev–Trinajstić information content (AvgIpc) is 2.52. The second kappa shape index (κ2) is 3.77. The molecule has 0 fully saturated rings. The zero-order valence-electron chi connectivity index (χ0n) is 7.87. The molecule has 0 aliphatic heterocycles. The topological polar surface area (TPSA) is 104 Å². The van der Waals surface area contributed by atoms with Crippen molar-refractivity contribution >= 4 is 17.8 Å². The van der Waals surface area contributed by atoms with Gasteiger partial charge < -0.3 is 10.6 Å². The summed E-state index contributed by atoms with van der Waals surface area (Å²) in [6.45, 7) is 0. The molecular formula is C7H11N5O2. The van der Waals surface area contributed by atoms with Gasteiger partial charge in [-0.15, -0.1) is 0 Å². The largest absolute Gasteiger partial charge is 0.365 e. The lowest BCUT2D eigenvalue weighted by Gasteiger charge is -2.10. The summed E-state index contributed by atoms with van der Waals surface area (Å²) in [5.41, 5.74) is 5.20. The van der Waals surface area contributed by atoms with Crippen molar-refractivity contribution in [1.82, 2.24) is 15.1 Å². The molecule has 0 aliphatic rings. The molecule has 0 saturated heterocycles. The van der Waals surface area contributed by atoms with Crippen molar-refractivity contribution in [2.75, 3.05) is 19.4 Å². The highest BCUT2D eigenvalue weighted by Gasteiger charge is 2.13. The number of hydrogen-bond acceptors (Lipinski definition) is 3. The van der Waals surface area contributed by atoms with Gasteiger partial charge in [-0.05, 0) is 0 Å². The summed E-state index contributed by atoms with van der Waals surface area (Å²) in [4.78, 5) is 23.4. The third kappa shape index (κ3) is 2.00. The molecule has 1 rings (SSSR count). The Morgan fingerprint density at radius 2 is 2.21 bits per heavy atom. The van der Waals surface area contributed by atoms with Crippen LogP contribution in [0.25, 0.3) is 0 Å². The minimum atomic E-state index is -0.646. The van der Waals surface area contributed by atoms with Crippen molar-refractivity contribution in [2.24, 2.45) is 5.73 Å². The third-order valence-corrected chi connectivity index (χ3v) is 1.54. The van der Waals surface area contributed by atoms with Crippen LogP contribution in [0.1, 0.15) is 10.4 Å². The van der Waals surface area contributed by atoms with Gasteiger partial charge in [-0.3, -0.25) is 15.2 Å². The van der Waals surface area contributed by atoms with Gasteiger partial charge in [-0.1, -0.05) is 0 Å². The number of nitrogens with one attached hydrogen (secondary N) is 2. The Kier molecular flexibility index (Phi) is 2.70. The quantitative estimate of drug-likeness (QED) is 0.600. The fourth-order valence-corrected chi connectivity index (χ4v) is 0.787. The number of hydrogen-bond donors (Lipinski definition) is 3. The Hall–Kier alpha value is -2.05. The lowest BCUT2D eigenvalue weighted by molar-refractivity contribution is 0.100. The molecule has 4 N–H and O–H groups in total. The number of carbonyl (C=O) groups excluding carboxylic acids is 2. The minimum Gasteiger partial charge on any atom is -0.365 e. The van der Waals surface area contributed by atoms with Gasteiger partial charge in [-0.2, -0.15) is 5.10 Å². The summed E-state index contributed by atoms with van der Waals surface area (Å²) in [5.74, 6) is -0.441. The maximum atomic E-state index is 11.2. The van der Waals surface area contributed by atoms with E-state index in [9.17, 15) is 9.59 Å². The van der Waals surface area contributed by atoms with Crippen molar-refractivity contribution < 1.29 is 9.59 Å². The van der Waals surface area contributed by atoms with Gasteiger partial charge in [0.25, 0.3) is 5.91 Å². The molecule has 0 aliphatic carbocycles. The third-order valence-electron chi connectivity index (χ3n) is 1.54. The first-order chi connectivity index (χ1) is 6.52. The van der Waals surface area contributed by atoms with E-state index in [-0.39, 0.29) is 17.4 Å². The van der Waals surface area contributed by atoms with E-state index in [4.69, 9.17) is 5.73 Å².